The van der Waals surface area contributed by atoms with Crippen molar-refractivity contribution in [2.45, 2.75) is 26.3 Å². The first kappa shape index (κ1) is 22.0. The smallest absolute Gasteiger partial charge is 0.254 e. The summed E-state index contributed by atoms with van der Waals surface area (Å²) in [4.78, 5) is 21.6. The molecule has 1 amide bonds. The van der Waals surface area contributed by atoms with E-state index in [-0.39, 0.29) is 17.9 Å². The van der Waals surface area contributed by atoms with Crippen LogP contribution >= 0.6 is 10.6 Å². The standard InChI is InChI=1S/C21H25N7O3S/c1-13(2)27-18-6-19(28-20-16(10-26-28)5-15(7-22)9-24-20)23-11-17(18)21(29)25-8-14-3-4-32(30,31)12-14/h5-6,9-11,13-14,30-31H,3-4,8,12H2,1-2H3,(H,23,27)(H,25,29). The van der Waals surface area contributed by atoms with Gasteiger partial charge in [-0.05, 0) is 32.3 Å². The van der Waals surface area contributed by atoms with Gasteiger partial charge in [0, 0.05) is 47.9 Å². The molecule has 1 saturated heterocycles. The normalized spacial score (nSPS) is 18.4. The molecule has 0 bridgehead atoms. The molecular formula is C21H25N7O3S. The Morgan fingerprint density at radius 3 is 2.81 bits per heavy atom. The Kier molecular flexibility index (Phi) is 6.01. The van der Waals surface area contributed by atoms with Crippen LogP contribution in [0.2, 0.25) is 0 Å². The predicted octanol–water partition coefficient (Wildman–Crippen LogP) is 3.01. The number of nitriles is 1. The van der Waals surface area contributed by atoms with Gasteiger partial charge in [0.15, 0.2) is 11.5 Å². The molecule has 1 fully saturated rings. The van der Waals surface area contributed by atoms with E-state index in [1.807, 2.05) is 13.8 Å². The van der Waals surface area contributed by atoms with E-state index in [1.165, 1.54) is 12.4 Å². The van der Waals surface area contributed by atoms with Crippen LogP contribution in [0, 0.1) is 17.2 Å². The van der Waals surface area contributed by atoms with Crippen molar-refractivity contribution in [2.24, 2.45) is 5.92 Å². The van der Waals surface area contributed by atoms with Crippen molar-refractivity contribution < 1.29 is 13.9 Å². The maximum atomic E-state index is 12.9. The minimum absolute atomic E-state index is 0.0532. The van der Waals surface area contributed by atoms with E-state index in [0.29, 0.717) is 58.1 Å². The van der Waals surface area contributed by atoms with Crippen molar-refractivity contribution in [1.29, 1.82) is 5.26 Å². The lowest BCUT2D eigenvalue weighted by atomic mass is 10.1. The van der Waals surface area contributed by atoms with Crippen LogP contribution < -0.4 is 10.6 Å². The third-order valence-electron chi connectivity index (χ3n) is 5.24. The van der Waals surface area contributed by atoms with Crippen LogP contribution in [0.25, 0.3) is 16.9 Å². The average molecular weight is 456 g/mol. The first-order chi connectivity index (χ1) is 15.3. The molecule has 0 radical (unpaired) electrons. The van der Waals surface area contributed by atoms with E-state index in [0.717, 1.165) is 0 Å². The average Bonchev–Trinajstić information content (AvgIpc) is 3.33. The van der Waals surface area contributed by atoms with Crippen molar-refractivity contribution in [3.63, 3.8) is 0 Å². The fourth-order valence-electron chi connectivity index (χ4n) is 3.71. The fraction of sp³-hybridized carbons (Fsp3) is 0.381. The van der Waals surface area contributed by atoms with E-state index < -0.39 is 10.6 Å². The minimum atomic E-state index is -2.49. The lowest BCUT2D eigenvalue weighted by Crippen LogP contribution is -2.30. The molecule has 168 valence electrons. The SMILES string of the molecule is CC(C)Nc1cc(-n2ncc3cc(C#N)cnc32)ncc1C(=O)NCC1CCS(O)(O)C1. The monoisotopic (exact) mass is 455 g/mol. The van der Waals surface area contributed by atoms with Gasteiger partial charge in [-0.2, -0.15) is 25.6 Å². The van der Waals surface area contributed by atoms with Crippen LogP contribution in [0.1, 0.15) is 36.2 Å². The van der Waals surface area contributed by atoms with Gasteiger partial charge in [-0.3, -0.25) is 13.9 Å². The molecule has 0 aromatic carbocycles. The number of hydrogen-bond donors (Lipinski definition) is 4. The number of carbonyl (C=O) groups is 1. The predicted molar refractivity (Wildman–Crippen MR) is 123 cm³/mol. The number of hydrogen-bond acceptors (Lipinski definition) is 8. The summed E-state index contributed by atoms with van der Waals surface area (Å²) in [6.45, 7) is 4.32. The van der Waals surface area contributed by atoms with E-state index in [1.54, 1.807) is 23.0 Å². The topological polar surface area (TPSA) is 149 Å². The van der Waals surface area contributed by atoms with Crippen molar-refractivity contribution in [2.75, 3.05) is 23.4 Å². The van der Waals surface area contributed by atoms with Crippen LogP contribution in [0.15, 0.2) is 30.7 Å². The van der Waals surface area contributed by atoms with Crippen molar-refractivity contribution >= 4 is 33.2 Å². The molecule has 3 aromatic heterocycles. The maximum absolute atomic E-state index is 12.9. The largest absolute Gasteiger partial charge is 0.382 e. The maximum Gasteiger partial charge on any atom is 0.254 e. The third kappa shape index (κ3) is 4.67. The number of carbonyl (C=O) groups excluding carboxylic acids is 1. The minimum Gasteiger partial charge on any atom is -0.382 e. The summed E-state index contributed by atoms with van der Waals surface area (Å²) >= 11 is 0. The van der Waals surface area contributed by atoms with Crippen LogP contribution in [0.4, 0.5) is 5.69 Å². The lowest BCUT2D eigenvalue weighted by Gasteiger charge is -2.26. The van der Waals surface area contributed by atoms with E-state index in [4.69, 9.17) is 5.26 Å². The number of amides is 1. The number of aromatic nitrogens is 4. The molecule has 0 spiro atoms. The summed E-state index contributed by atoms with van der Waals surface area (Å²) in [5, 5.41) is 20.3. The molecule has 10 nitrogen and oxygen atoms in total. The molecule has 1 unspecified atom stereocenters. The van der Waals surface area contributed by atoms with E-state index >= 15 is 0 Å². The first-order valence-corrected chi connectivity index (χ1v) is 12.2. The van der Waals surface area contributed by atoms with Crippen LogP contribution in [-0.4, -0.2) is 58.9 Å². The Morgan fingerprint density at radius 1 is 1.31 bits per heavy atom. The van der Waals surface area contributed by atoms with E-state index in [2.05, 4.69) is 31.8 Å². The second-order valence-corrected chi connectivity index (χ2v) is 10.6. The Morgan fingerprint density at radius 2 is 2.12 bits per heavy atom. The van der Waals surface area contributed by atoms with Crippen LogP contribution in [0.3, 0.4) is 0 Å². The zero-order valence-corrected chi connectivity index (χ0v) is 18.6. The molecule has 32 heavy (non-hydrogen) atoms. The van der Waals surface area contributed by atoms with Crippen LogP contribution in [0.5, 0.6) is 0 Å². The van der Waals surface area contributed by atoms with Crippen molar-refractivity contribution in [3.05, 3.63) is 41.9 Å². The summed E-state index contributed by atoms with van der Waals surface area (Å²) in [6, 6.07) is 5.58. The fourth-order valence-corrected chi connectivity index (χ4v) is 5.63. The number of anilines is 1. The highest BCUT2D eigenvalue weighted by Gasteiger charge is 2.28. The Hall–Kier alpha value is -3.20. The summed E-state index contributed by atoms with van der Waals surface area (Å²) in [5.41, 5.74) is 2.01. The highest BCUT2D eigenvalue weighted by atomic mass is 32.3. The number of nitrogens with zero attached hydrogens (tertiary/aromatic N) is 5. The van der Waals surface area contributed by atoms with Gasteiger partial charge in [0.1, 0.15) is 6.07 Å². The Bertz CT molecular complexity index is 1200. The number of rotatable bonds is 6. The highest BCUT2D eigenvalue weighted by molar-refractivity contribution is 8.24. The summed E-state index contributed by atoms with van der Waals surface area (Å²) in [6.07, 6.45) is 5.28. The van der Waals surface area contributed by atoms with Crippen molar-refractivity contribution in [1.82, 2.24) is 25.1 Å². The molecule has 1 atom stereocenters. The molecule has 1 aliphatic rings. The number of pyridine rings is 2. The molecule has 11 heteroatoms. The van der Waals surface area contributed by atoms with Gasteiger partial charge in [0.25, 0.3) is 5.91 Å². The highest BCUT2D eigenvalue weighted by Crippen LogP contribution is 2.48. The van der Waals surface area contributed by atoms with Gasteiger partial charge >= 0.3 is 0 Å². The molecule has 3 aromatic rings. The molecule has 4 N–H and O–H groups in total. The van der Waals surface area contributed by atoms with Crippen LogP contribution in [-0.2, 0) is 0 Å². The third-order valence-corrected chi connectivity index (χ3v) is 7.13. The molecule has 4 heterocycles. The molecular weight excluding hydrogens is 430 g/mol. The van der Waals surface area contributed by atoms with Gasteiger partial charge in [0.2, 0.25) is 0 Å². The van der Waals surface area contributed by atoms with Crippen molar-refractivity contribution in [3.8, 4) is 11.9 Å². The van der Waals surface area contributed by atoms with Gasteiger partial charge < -0.3 is 10.6 Å². The van der Waals surface area contributed by atoms with Gasteiger partial charge in [0.05, 0.1) is 23.0 Å². The lowest BCUT2D eigenvalue weighted by molar-refractivity contribution is 0.0949. The molecule has 0 aliphatic carbocycles. The van der Waals surface area contributed by atoms with Gasteiger partial charge in [-0.1, -0.05) is 0 Å². The Labute approximate surface area is 187 Å². The quantitative estimate of drug-likeness (QED) is 0.443. The second-order valence-electron chi connectivity index (χ2n) is 8.23. The molecule has 4 rings (SSSR count). The zero-order chi connectivity index (χ0) is 22.9. The summed E-state index contributed by atoms with van der Waals surface area (Å²) in [7, 11) is -2.49. The summed E-state index contributed by atoms with van der Waals surface area (Å²) < 4.78 is 21.1. The summed E-state index contributed by atoms with van der Waals surface area (Å²) in [5.74, 6) is 0.983. The van der Waals surface area contributed by atoms with Gasteiger partial charge in [-0.25, -0.2) is 9.97 Å². The number of nitrogens with one attached hydrogen (secondary N) is 2. The Balaban J connectivity index is 1.59. The second kappa shape index (κ2) is 8.74. The molecule has 0 saturated carbocycles. The molecule has 1 aliphatic heterocycles. The first-order valence-electron chi connectivity index (χ1n) is 10.3. The zero-order valence-electron chi connectivity index (χ0n) is 17.8. The van der Waals surface area contributed by atoms with Gasteiger partial charge in [-0.15, -0.1) is 0 Å². The van der Waals surface area contributed by atoms with E-state index in [9.17, 15) is 13.9 Å². The number of fused-ring (bicyclic) bond motifs is 1.